The van der Waals surface area contributed by atoms with Gasteiger partial charge in [0.25, 0.3) is 0 Å². The highest BCUT2D eigenvalue weighted by molar-refractivity contribution is 5.70. The third-order valence-corrected chi connectivity index (χ3v) is 4.69. The molecule has 4 rings (SSSR count). The molecule has 2 N–H and O–H groups in total. The van der Waals surface area contributed by atoms with Crippen molar-refractivity contribution in [2.75, 3.05) is 0 Å². The summed E-state index contributed by atoms with van der Waals surface area (Å²) >= 11 is 0. The van der Waals surface area contributed by atoms with Crippen LogP contribution in [0, 0.1) is 13.8 Å². The smallest absolute Gasteiger partial charge is 0.104 e. The van der Waals surface area contributed by atoms with E-state index < -0.39 is 0 Å². The zero-order valence-electron chi connectivity index (χ0n) is 16.2. The SMILES string of the molecule is Cc1nc(-c2ccccc2)c(/C=C/CCc2[nH]c(C)nc2-c2ccccc2)[nH]1. The van der Waals surface area contributed by atoms with Crippen LogP contribution in [0.1, 0.15) is 29.5 Å². The van der Waals surface area contributed by atoms with Crippen molar-refractivity contribution in [2.24, 2.45) is 0 Å². The Labute approximate surface area is 165 Å². The lowest BCUT2D eigenvalue weighted by atomic mass is 10.1. The Morgan fingerprint density at radius 2 is 1.32 bits per heavy atom. The number of H-pyrrole nitrogens is 2. The third kappa shape index (κ3) is 3.96. The fourth-order valence-electron chi connectivity index (χ4n) is 3.43. The molecule has 0 atom stereocenters. The van der Waals surface area contributed by atoms with Crippen molar-refractivity contribution in [3.63, 3.8) is 0 Å². The average molecular weight is 368 g/mol. The number of hydrogen-bond donors (Lipinski definition) is 2. The monoisotopic (exact) mass is 368 g/mol. The lowest BCUT2D eigenvalue weighted by Gasteiger charge is -2.01. The van der Waals surface area contributed by atoms with Gasteiger partial charge in [-0.3, -0.25) is 0 Å². The Kier molecular flexibility index (Phi) is 5.20. The van der Waals surface area contributed by atoms with Crippen LogP contribution < -0.4 is 0 Å². The van der Waals surface area contributed by atoms with Crippen LogP contribution in [-0.4, -0.2) is 19.9 Å². The first-order chi connectivity index (χ1) is 13.7. The molecule has 0 fully saturated rings. The minimum absolute atomic E-state index is 0.912. The van der Waals surface area contributed by atoms with Crippen LogP contribution >= 0.6 is 0 Å². The normalized spacial score (nSPS) is 11.4. The highest BCUT2D eigenvalue weighted by Gasteiger charge is 2.10. The fourth-order valence-corrected chi connectivity index (χ4v) is 3.43. The Balaban J connectivity index is 1.49. The second-order valence-corrected chi connectivity index (χ2v) is 6.91. The van der Waals surface area contributed by atoms with Crippen LogP contribution in [-0.2, 0) is 6.42 Å². The molecule has 0 bridgehead atoms. The van der Waals surface area contributed by atoms with E-state index in [1.807, 2.05) is 38.1 Å². The molecular formula is C24H24N4. The van der Waals surface area contributed by atoms with Gasteiger partial charge in [-0.25, -0.2) is 9.97 Å². The van der Waals surface area contributed by atoms with E-state index in [1.54, 1.807) is 0 Å². The van der Waals surface area contributed by atoms with Crippen LogP contribution in [0.2, 0.25) is 0 Å². The van der Waals surface area contributed by atoms with E-state index in [0.717, 1.165) is 52.7 Å². The van der Waals surface area contributed by atoms with Gasteiger partial charge in [-0.15, -0.1) is 0 Å². The van der Waals surface area contributed by atoms with Gasteiger partial charge in [0.2, 0.25) is 0 Å². The van der Waals surface area contributed by atoms with Gasteiger partial charge in [-0.1, -0.05) is 66.7 Å². The number of aromatic amines is 2. The molecule has 0 amide bonds. The van der Waals surface area contributed by atoms with E-state index in [0.29, 0.717) is 0 Å². The van der Waals surface area contributed by atoms with E-state index in [-0.39, 0.29) is 0 Å². The molecule has 4 heteroatoms. The number of rotatable bonds is 6. The summed E-state index contributed by atoms with van der Waals surface area (Å²) in [7, 11) is 0. The first-order valence-electron chi connectivity index (χ1n) is 9.60. The first kappa shape index (κ1) is 18.0. The maximum absolute atomic E-state index is 4.68. The summed E-state index contributed by atoms with van der Waals surface area (Å²) in [6.45, 7) is 3.99. The van der Waals surface area contributed by atoms with E-state index in [4.69, 9.17) is 0 Å². The standard InChI is InChI=1S/C24H24N4/c1-17-25-21(23(27-17)19-11-5-3-6-12-19)15-9-10-16-22-24(28-18(2)26-22)20-13-7-4-8-14-20/h3-9,11-15H,10,16H2,1-2H3,(H,25,27)(H,26,28)/b15-9+. The molecule has 28 heavy (non-hydrogen) atoms. The van der Waals surface area contributed by atoms with E-state index >= 15 is 0 Å². The highest BCUT2D eigenvalue weighted by Crippen LogP contribution is 2.24. The van der Waals surface area contributed by atoms with Gasteiger partial charge < -0.3 is 9.97 Å². The average Bonchev–Trinajstić information content (AvgIpc) is 3.28. The van der Waals surface area contributed by atoms with Gasteiger partial charge in [0.15, 0.2) is 0 Å². The molecule has 2 aromatic carbocycles. The zero-order chi connectivity index (χ0) is 19.3. The van der Waals surface area contributed by atoms with Crippen LogP contribution in [0.4, 0.5) is 0 Å². The minimum atomic E-state index is 0.912. The van der Waals surface area contributed by atoms with Gasteiger partial charge in [0, 0.05) is 16.8 Å². The van der Waals surface area contributed by atoms with Gasteiger partial charge in [-0.2, -0.15) is 0 Å². The summed E-state index contributed by atoms with van der Waals surface area (Å²) < 4.78 is 0. The topological polar surface area (TPSA) is 57.4 Å². The van der Waals surface area contributed by atoms with Gasteiger partial charge in [0.1, 0.15) is 11.6 Å². The lowest BCUT2D eigenvalue weighted by Crippen LogP contribution is -1.89. The maximum atomic E-state index is 4.68. The van der Waals surface area contributed by atoms with Crippen LogP contribution in [0.15, 0.2) is 66.7 Å². The minimum Gasteiger partial charge on any atom is -0.346 e. The summed E-state index contributed by atoms with van der Waals surface area (Å²) in [5, 5.41) is 0. The van der Waals surface area contributed by atoms with Crippen LogP contribution in [0.5, 0.6) is 0 Å². The Morgan fingerprint density at radius 3 is 2.00 bits per heavy atom. The second-order valence-electron chi connectivity index (χ2n) is 6.91. The van der Waals surface area contributed by atoms with Crippen molar-refractivity contribution in [3.8, 4) is 22.5 Å². The van der Waals surface area contributed by atoms with Crippen molar-refractivity contribution in [3.05, 3.63) is 89.8 Å². The number of nitrogens with zero attached hydrogens (tertiary/aromatic N) is 2. The summed E-state index contributed by atoms with van der Waals surface area (Å²) in [5.74, 6) is 1.88. The molecule has 0 aliphatic carbocycles. The van der Waals surface area contributed by atoms with E-state index in [9.17, 15) is 0 Å². The number of imidazole rings is 2. The molecule has 0 aliphatic heterocycles. The van der Waals surface area contributed by atoms with Crippen LogP contribution in [0.3, 0.4) is 0 Å². The predicted molar refractivity (Wildman–Crippen MR) is 115 cm³/mol. The van der Waals surface area contributed by atoms with Crippen molar-refractivity contribution in [1.82, 2.24) is 19.9 Å². The van der Waals surface area contributed by atoms with E-state index in [2.05, 4.69) is 68.5 Å². The summed E-state index contributed by atoms with van der Waals surface area (Å²) in [5.41, 5.74) is 6.55. The molecule has 0 saturated heterocycles. The number of hydrogen-bond acceptors (Lipinski definition) is 2. The number of aromatic nitrogens is 4. The molecule has 140 valence electrons. The molecule has 0 saturated carbocycles. The second kappa shape index (κ2) is 8.09. The molecule has 4 nitrogen and oxygen atoms in total. The van der Waals surface area contributed by atoms with Crippen molar-refractivity contribution < 1.29 is 0 Å². The molecule has 0 aliphatic rings. The maximum Gasteiger partial charge on any atom is 0.104 e. The van der Waals surface area contributed by atoms with Crippen molar-refractivity contribution in [1.29, 1.82) is 0 Å². The number of nitrogens with one attached hydrogen (secondary N) is 2. The van der Waals surface area contributed by atoms with Crippen molar-refractivity contribution >= 4 is 6.08 Å². The largest absolute Gasteiger partial charge is 0.346 e. The van der Waals surface area contributed by atoms with E-state index in [1.165, 1.54) is 5.69 Å². The first-order valence-corrected chi connectivity index (χ1v) is 9.60. The van der Waals surface area contributed by atoms with Crippen LogP contribution in [0.25, 0.3) is 28.6 Å². The Hall–Kier alpha value is -3.40. The molecule has 0 unspecified atom stereocenters. The molecule has 2 aromatic heterocycles. The third-order valence-electron chi connectivity index (χ3n) is 4.69. The zero-order valence-corrected chi connectivity index (χ0v) is 16.2. The number of benzene rings is 2. The summed E-state index contributed by atoms with van der Waals surface area (Å²) in [4.78, 5) is 16.1. The number of allylic oxidation sites excluding steroid dienone is 1. The molecule has 0 radical (unpaired) electrons. The van der Waals surface area contributed by atoms with Gasteiger partial charge in [-0.05, 0) is 32.8 Å². The summed E-state index contributed by atoms with van der Waals surface area (Å²) in [6, 6.07) is 20.6. The molecule has 4 aromatic rings. The quantitative estimate of drug-likeness (QED) is 0.457. The Morgan fingerprint density at radius 1 is 0.750 bits per heavy atom. The predicted octanol–water partition coefficient (Wildman–Crippen LogP) is 5.73. The molecule has 0 spiro atoms. The number of aryl methyl sites for hydroxylation is 3. The summed E-state index contributed by atoms with van der Waals surface area (Å²) in [6.07, 6.45) is 6.17. The van der Waals surface area contributed by atoms with Gasteiger partial charge in [0.05, 0.1) is 17.1 Å². The van der Waals surface area contributed by atoms with Crippen molar-refractivity contribution in [2.45, 2.75) is 26.7 Å². The highest BCUT2D eigenvalue weighted by atomic mass is 14.9. The molecular weight excluding hydrogens is 344 g/mol. The van der Waals surface area contributed by atoms with Gasteiger partial charge >= 0.3 is 0 Å². The lowest BCUT2D eigenvalue weighted by molar-refractivity contribution is 0.954. The molecule has 2 heterocycles. The fraction of sp³-hybridized carbons (Fsp3) is 0.167. The Bertz CT molecular complexity index is 1070.